The summed E-state index contributed by atoms with van der Waals surface area (Å²) in [5.74, 6) is 2.44. The molecule has 4 rings (SSSR count). The van der Waals surface area contributed by atoms with Gasteiger partial charge in [0.15, 0.2) is 0 Å². The highest BCUT2D eigenvalue weighted by Crippen LogP contribution is 2.28. The van der Waals surface area contributed by atoms with Gasteiger partial charge in [-0.25, -0.2) is 4.98 Å². The zero-order valence-corrected chi connectivity index (χ0v) is 16.7. The van der Waals surface area contributed by atoms with Crippen LogP contribution in [0.15, 0.2) is 47.3 Å². The van der Waals surface area contributed by atoms with Gasteiger partial charge in [-0.1, -0.05) is 12.1 Å². The molecule has 28 heavy (non-hydrogen) atoms. The van der Waals surface area contributed by atoms with Crippen molar-refractivity contribution in [3.05, 3.63) is 48.4 Å². The Morgan fingerprint density at radius 3 is 2.64 bits per heavy atom. The Hall–Kier alpha value is -2.60. The first-order chi connectivity index (χ1) is 13.7. The summed E-state index contributed by atoms with van der Waals surface area (Å²) >= 11 is 0. The molecule has 0 aliphatic heterocycles. The average Bonchev–Trinajstić information content (AvgIpc) is 3.22. The normalized spacial score (nSPS) is 19.6. The monoisotopic (exact) mass is 379 g/mol. The molecule has 1 fully saturated rings. The second-order valence-electron chi connectivity index (χ2n) is 7.91. The topological polar surface area (TPSA) is 66.2 Å². The molecule has 6 heteroatoms. The number of rotatable bonds is 7. The number of nitrogens with one attached hydrogen (secondary N) is 2. The third-order valence-corrected chi connectivity index (χ3v) is 5.53. The lowest BCUT2D eigenvalue weighted by atomic mass is 9.86. The molecule has 148 valence electrons. The van der Waals surface area contributed by atoms with Crippen LogP contribution in [0.4, 0.5) is 11.8 Å². The highest BCUT2D eigenvalue weighted by atomic mass is 16.3. The zero-order chi connectivity index (χ0) is 19.3. The number of hydrogen-bond acceptors (Lipinski definition) is 6. The maximum Gasteiger partial charge on any atom is 0.225 e. The van der Waals surface area contributed by atoms with E-state index >= 15 is 0 Å². The van der Waals surface area contributed by atoms with Gasteiger partial charge >= 0.3 is 0 Å². The van der Waals surface area contributed by atoms with Gasteiger partial charge in [0.05, 0.1) is 18.0 Å². The van der Waals surface area contributed by atoms with Crippen molar-refractivity contribution in [1.82, 2.24) is 15.3 Å². The van der Waals surface area contributed by atoms with Crippen LogP contribution in [0, 0.1) is 5.92 Å². The Morgan fingerprint density at radius 2 is 1.89 bits per heavy atom. The fraction of sp³-hybridized carbons (Fsp3) is 0.455. The summed E-state index contributed by atoms with van der Waals surface area (Å²) in [4.78, 5) is 11.6. The highest BCUT2D eigenvalue weighted by molar-refractivity contribution is 5.90. The van der Waals surface area contributed by atoms with Crippen LogP contribution in [-0.4, -0.2) is 36.6 Å². The van der Waals surface area contributed by atoms with E-state index in [1.807, 2.05) is 32.3 Å². The van der Waals surface area contributed by atoms with Crippen molar-refractivity contribution < 1.29 is 4.42 Å². The molecule has 1 aromatic carbocycles. The molecule has 0 spiro atoms. The largest absolute Gasteiger partial charge is 0.472 e. The van der Waals surface area contributed by atoms with E-state index in [4.69, 9.17) is 14.4 Å². The first-order valence-corrected chi connectivity index (χ1v) is 10.1. The minimum atomic E-state index is 0.446. The Morgan fingerprint density at radius 1 is 1.07 bits per heavy atom. The van der Waals surface area contributed by atoms with Gasteiger partial charge in [-0.15, -0.1) is 0 Å². The second-order valence-corrected chi connectivity index (χ2v) is 7.91. The molecule has 3 aromatic rings. The molecule has 1 aliphatic carbocycles. The molecule has 0 bridgehead atoms. The van der Waals surface area contributed by atoms with Crippen LogP contribution in [0.1, 0.15) is 31.2 Å². The SMILES string of the molecule is CN(C)c1nc(NC2CCC(CNCc3ccoc3)CC2)nc2ccccc12. The molecule has 2 aromatic heterocycles. The second kappa shape index (κ2) is 8.61. The smallest absolute Gasteiger partial charge is 0.225 e. The molecular weight excluding hydrogens is 350 g/mol. The molecule has 2 heterocycles. The Balaban J connectivity index is 1.32. The van der Waals surface area contributed by atoms with Crippen LogP contribution in [0.3, 0.4) is 0 Å². The lowest BCUT2D eigenvalue weighted by Crippen LogP contribution is -2.31. The summed E-state index contributed by atoms with van der Waals surface area (Å²) in [6, 6.07) is 10.7. The lowest BCUT2D eigenvalue weighted by Gasteiger charge is -2.29. The Kier molecular flexibility index (Phi) is 5.76. The zero-order valence-electron chi connectivity index (χ0n) is 16.7. The molecular formula is C22H29N5O. The van der Waals surface area contributed by atoms with Gasteiger partial charge in [-0.3, -0.25) is 0 Å². The van der Waals surface area contributed by atoms with E-state index in [0.29, 0.717) is 6.04 Å². The van der Waals surface area contributed by atoms with Crippen molar-refractivity contribution in [2.24, 2.45) is 5.92 Å². The Bertz CT molecular complexity index is 885. The van der Waals surface area contributed by atoms with Crippen molar-refractivity contribution in [3.8, 4) is 0 Å². The summed E-state index contributed by atoms with van der Waals surface area (Å²) in [6.45, 7) is 1.95. The Labute approximate surface area is 166 Å². The number of fused-ring (bicyclic) bond motifs is 1. The van der Waals surface area contributed by atoms with Crippen LogP contribution in [0.25, 0.3) is 10.9 Å². The summed E-state index contributed by atoms with van der Waals surface area (Å²) in [5.41, 5.74) is 2.20. The van der Waals surface area contributed by atoms with Crippen molar-refractivity contribution >= 4 is 22.7 Å². The van der Waals surface area contributed by atoms with Crippen LogP contribution in [0.2, 0.25) is 0 Å². The number of para-hydroxylation sites is 1. The van der Waals surface area contributed by atoms with Crippen molar-refractivity contribution in [1.29, 1.82) is 0 Å². The van der Waals surface area contributed by atoms with Gasteiger partial charge in [0.2, 0.25) is 5.95 Å². The van der Waals surface area contributed by atoms with Crippen LogP contribution in [-0.2, 0) is 6.54 Å². The van der Waals surface area contributed by atoms with Crippen molar-refractivity contribution in [2.75, 3.05) is 30.9 Å². The maximum absolute atomic E-state index is 5.11. The van der Waals surface area contributed by atoms with E-state index in [0.717, 1.165) is 54.5 Å². The quantitative estimate of drug-likeness (QED) is 0.646. The minimum absolute atomic E-state index is 0.446. The molecule has 6 nitrogen and oxygen atoms in total. The van der Waals surface area contributed by atoms with Gasteiger partial charge < -0.3 is 20.0 Å². The van der Waals surface area contributed by atoms with E-state index in [9.17, 15) is 0 Å². The fourth-order valence-corrected chi connectivity index (χ4v) is 3.97. The molecule has 0 radical (unpaired) electrons. The third kappa shape index (κ3) is 4.44. The standard InChI is InChI=1S/C22H29N5O/c1-27(2)21-19-5-3-4-6-20(19)25-22(26-21)24-18-9-7-16(8-10-18)13-23-14-17-11-12-28-15-17/h3-6,11-12,15-16,18,23H,7-10,13-14H2,1-2H3,(H,24,25,26). The number of benzene rings is 1. The van der Waals surface area contributed by atoms with Crippen molar-refractivity contribution in [3.63, 3.8) is 0 Å². The molecule has 0 saturated heterocycles. The van der Waals surface area contributed by atoms with E-state index < -0.39 is 0 Å². The van der Waals surface area contributed by atoms with Gasteiger partial charge in [0, 0.05) is 37.6 Å². The molecule has 1 saturated carbocycles. The number of nitrogens with zero attached hydrogens (tertiary/aromatic N) is 3. The molecule has 1 aliphatic rings. The molecule has 2 N–H and O–H groups in total. The number of furan rings is 1. The van der Waals surface area contributed by atoms with Crippen LogP contribution in [0.5, 0.6) is 0 Å². The van der Waals surface area contributed by atoms with Crippen LogP contribution < -0.4 is 15.5 Å². The number of aromatic nitrogens is 2. The fourth-order valence-electron chi connectivity index (χ4n) is 3.97. The summed E-state index contributed by atoms with van der Waals surface area (Å²) < 4.78 is 5.11. The summed E-state index contributed by atoms with van der Waals surface area (Å²) in [7, 11) is 4.06. The van der Waals surface area contributed by atoms with Gasteiger partial charge in [-0.05, 0) is 56.3 Å². The van der Waals surface area contributed by atoms with Gasteiger partial charge in [-0.2, -0.15) is 4.98 Å². The minimum Gasteiger partial charge on any atom is -0.472 e. The average molecular weight is 380 g/mol. The van der Waals surface area contributed by atoms with Crippen molar-refractivity contribution in [2.45, 2.75) is 38.3 Å². The third-order valence-electron chi connectivity index (χ3n) is 5.53. The summed E-state index contributed by atoms with van der Waals surface area (Å²) in [6.07, 6.45) is 8.30. The lowest BCUT2D eigenvalue weighted by molar-refractivity contribution is 0.323. The maximum atomic E-state index is 5.11. The highest BCUT2D eigenvalue weighted by Gasteiger charge is 2.22. The van der Waals surface area contributed by atoms with E-state index in [1.54, 1.807) is 12.5 Å². The number of hydrogen-bond donors (Lipinski definition) is 2. The van der Waals surface area contributed by atoms with E-state index in [-0.39, 0.29) is 0 Å². The number of anilines is 2. The van der Waals surface area contributed by atoms with E-state index in [1.165, 1.54) is 18.4 Å². The van der Waals surface area contributed by atoms with Gasteiger partial charge in [0.25, 0.3) is 0 Å². The molecule has 0 amide bonds. The van der Waals surface area contributed by atoms with E-state index in [2.05, 4.69) is 27.7 Å². The van der Waals surface area contributed by atoms with Crippen LogP contribution >= 0.6 is 0 Å². The molecule has 0 atom stereocenters. The predicted octanol–water partition coefficient (Wildman–Crippen LogP) is 4.05. The first kappa shape index (κ1) is 18.7. The predicted molar refractivity (Wildman–Crippen MR) is 114 cm³/mol. The van der Waals surface area contributed by atoms with Gasteiger partial charge in [0.1, 0.15) is 5.82 Å². The molecule has 0 unspecified atom stereocenters. The first-order valence-electron chi connectivity index (χ1n) is 10.1. The summed E-state index contributed by atoms with van der Waals surface area (Å²) in [5, 5.41) is 8.23.